The molecule has 19 heavy (non-hydrogen) atoms. The lowest BCUT2D eigenvalue weighted by Gasteiger charge is -2.05. The van der Waals surface area contributed by atoms with Crippen molar-refractivity contribution in [3.05, 3.63) is 34.2 Å². The van der Waals surface area contributed by atoms with Crippen molar-refractivity contribution < 1.29 is 4.79 Å². The van der Waals surface area contributed by atoms with Crippen molar-refractivity contribution in [2.45, 2.75) is 20.4 Å². The van der Waals surface area contributed by atoms with Gasteiger partial charge >= 0.3 is 0 Å². The number of rotatable bonds is 5. The quantitative estimate of drug-likeness (QED) is 0.868. The monoisotopic (exact) mass is 277 g/mol. The lowest BCUT2D eigenvalue weighted by Crippen LogP contribution is -2.24. The summed E-state index contributed by atoms with van der Waals surface area (Å²) in [4.78, 5) is 25.2. The maximum Gasteiger partial charge on any atom is 0.271 e. The van der Waals surface area contributed by atoms with Crippen molar-refractivity contribution in [2.24, 2.45) is 0 Å². The number of carbonyl (C=O) groups excluding carboxylic acids is 1. The Kier molecular flexibility index (Phi) is 4.40. The average molecular weight is 277 g/mol. The summed E-state index contributed by atoms with van der Waals surface area (Å²) in [5.41, 5.74) is 0.305. The summed E-state index contributed by atoms with van der Waals surface area (Å²) in [6, 6.07) is 0. The number of hydrogen-bond donors (Lipinski definition) is 2. The minimum Gasteiger partial charge on any atom is -0.369 e. The number of amides is 1. The molecule has 0 radical (unpaired) electrons. The summed E-state index contributed by atoms with van der Waals surface area (Å²) in [5.74, 6) is 0.363. The molecule has 1 amide bonds. The van der Waals surface area contributed by atoms with Crippen LogP contribution in [0.4, 0.5) is 5.82 Å². The molecule has 0 saturated carbocycles. The minimum atomic E-state index is -0.238. The molecular weight excluding hydrogens is 262 g/mol. The van der Waals surface area contributed by atoms with Gasteiger partial charge in [0.1, 0.15) is 11.5 Å². The second kappa shape index (κ2) is 6.24. The lowest BCUT2D eigenvalue weighted by molar-refractivity contribution is 0.0946. The fourth-order valence-corrected chi connectivity index (χ4v) is 2.22. The Labute approximate surface area is 115 Å². The molecule has 100 valence electrons. The first-order valence-electron chi connectivity index (χ1n) is 5.94. The number of aromatic nitrogens is 3. The van der Waals surface area contributed by atoms with Crippen LogP contribution in [0, 0.1) is 6.92 Å². The predicted molar refractivity (Wildman–Crippen MR) is 74.2 cm³/mol. The molecule has 0 aromatic carbocycles. The van der Waals surface area contributed by atoms with Crippen LogP contribution >= 0.6 is 11.3 Å². The van der Waals surface area contributed by atoms with Crippen LogP contribution in [0.15, 0.2) is 18.6 Å². The van der Waals surface area contributed by atoms with Gasteiger partial charge in [-0.3, -0.25) is 9.78 Å². The molecular formula is C12H15N5OS. The van der Waals surface area contributed by atoms with Crippen molar-refractivity contribution in [1.29, 1.82) is 0 Å². The standard InChI is InChI=1S/C12H15N5OS/c1-3-14-11-7-13-6-10(17-11)12(18)16-5-9-4-15-8(2)19-9/h4,6-7H,3,5H2,1-2H3,(H,14,17)(H,16,18). The molecule has 2 aromatic heterocycles. The number of anilines is 1. The first kappa shape index (κ1) is 13.4. The molecule has 0 unspecified atom stereocenters. The van der Waals surface area contributed by atoms with Gasteiger partial charge in [-0.15, -0.1) is 11.3 Å². The first-order valence-corrected chi connectivity index (χ1v) is 6.76. The van der Waals surface area contributed by atoms with Gasteiger partial charge in [0.05, 0.1) is 23.9 Å². The van der Waals surface area contributed by atoms with Crippen LogP contribution < -0.4 is 10.6 Å². The normalized spacial score (nSPS) is 10.2. The highest BCUT2D eigenvalue weighted by Crippen LogP contribution is 2.11. The fourth-order valence-electron chi connectivity index (χ4n) is 1.49. The number of aryl methyl sites for hydroxylation is 1. The van der Waals surface area contributed by atoms with Gasteiger partial charge in [0, 0.05) is 17.6 Å². The van der Waals surface area contributed by atoms with Crippen molar-refractivity contribution in [3.8, 4) is 0 Å². The molecule has 2 heterocycles. The largest absolute Gasteiger partial charge is 0.369 e. The highest BCUT2D eigenvalue weighted by molar-refractivity contribution is 7.11. The maximum absolute atomic E-state index is 11.9. The topological polar surface area (TPSA) is 79.8 Å². The van der Waals surface area contributed by atoms with Gasteiger partial charge in [-0.05, 0) is 13.8 Å². The summed E-state index contributed by atoms with van der Waals surface area (Å²) in [7, 11) is 0. The molecule has 7 heteroatoms. The highest BCUT2D eigenvalue weighted by atomic mass is 32.1. The molecule has 2 rings (SSSR count). The van der Waals surface area contributed by atoms with E-state index in [0.717, 1.165) is 16.4 Å². The smallest absolute Gasteiger partial charge is 0.271 e. The van der Waals surface area contributed by atoms with E-state index in [-0.39, 0.29) is 5.91 Å². The van der Waals surface area contributed by atoms with E-state index in [2.05, 4.69) is 25.6 Å². The summed E-state index contributed by atoms with van der Waals surface area (Å²) < 4.78 is 0. The van der Waals surface area contributed by atoms with Crippen LogP contribution in [0.1, 0.15) is 27.3 Å². The van der Waals surface area contributed by atoms with Crippen LogP contribution in [0.3, 0.4) is 0 Å². The SMILES string of the molecule is CCNc1cncc(C(=O)NCc2cnc(C)s2)n1. The van der Waals surface area contributed by atoms with Crippen molar-refractivity contribution in [1.82, 2.24) is 20.3 Å². The number of thiazole rings is 1. The third-order valence-electron chi connectivity index (χ3n) is 2.32. The van der Waals surface area contributed by atoms with E-state index in [1.807, 2.05) is 13.8 Å². The van der Waals surface area contributed by atoms with E-state index in [1.54, 1.807) is 23.7 Å². The number of nitrogens with zero attached hydrogens (tertiary/aromatic N) is 3. The number of carbonyl (C=O) groups is 1. The molecule has 6 nitrogen and oxygen atoms in total. The minimum absolute atomic E-state index is 0.238. The molecule has 0 fully saturated rings. The van der Waals surface area contributed by atoms with Crippen LogP contribution in [0.5, 0.6) is 0 Å². The van der Waals surface area contributed by atoms with Crippen LogP contribution in [0.25, 0.3) is 0 Å². The molecule has 2 N–H and O–H groups in total. The lowest BCUT2D eigenvalue weighted by atomic mass is 10.4. The Morgan fingerprint density at radius 2 is 2.21 bits per heavy atom. The highest BCUT2D eigenvalue weighted by Gasteiger charge is 2.09. The van der Waals surface area contributed by atoms with Gasteiger partial charge in [-0.2, -0.15) is 0 Å². The molecule has 0 saturated heterocycles. The molecule has 0 atom stereocenters. The molecule has 2 aromatic rings. The maximum atomic E-state index is 11.9. The summed E-state index contributed by atoms with van der Waals surface area (Å²) in [6.45, 7) is 5.08. The van der Waals surface area contributed by atoms with Crippen LogP contribution in [-0.2, 0) is 6.54 Å². The number of hydrogen-bond acceptors (Lipinski definition) is 6. The van der Waals surface area contributed by atoms with Crippen LogP contribution in [0.2, 0.25) is 0 Å². The van der Waals surface area contributed by atoms with E-state index in [1.165, 1.54) is 6.20 Å². The second-order valence-electron chi connectivity index (χ2n) is 3.85. The summed E-state index contributed by atoms with van der Waals surface area (Å²) >= 11 is 1.56. The Balaban J connectivity index is 1.97. The van der Waals surface area contributed by atoms with E-state index in [0.29, 0.717) is 18.1 Å². The Morgan fingerprint density at radius 1 is 1.37 bits per heavy atom. The summed E-state index contributed by atoms with van der Waals surface area (Å²) in [5, 5.41) is 6.80. The Bertz CT molecular complexity index is 569. The molecule has 0 aliphatic rings. The molecule has 0 bridgehead atoms. The molecule has 0 spiro atoms. The zero-order valence-electron chi connectivity index (χ0n) is 10.8. The zero-order valence-corrected chi connectivity index (χ0v) is 11.6. The van der Waals surface area contributed by atoms with Gasteiger partial charge in [-0.25, -0.2) is 9.97 Å². The second-order valence-corrected chi connectivity index (χ2v) is 5.17. The van der Waals surface area contributed by atoms with Crippen molar-refractivity contribution in [2.75, 3.05) is 11.9 Å². The van der Waals surface area contributed by atoms with E-state index in [9.17, 15) is 4.79 Å². The van der Waals surface area contributed by atoms with Gasteiger partial charge in [-0.1, -0.05) is 0 Å². The predicted octanol–water partition coefficient (Wildman–Crippen LogP) is 1.60. The van der Waals surface area contributed by atoms with Gasteiger partial charge < -0.3 is 10.6 Å². The van der Waals surface area contributed by atoms with Gasteiger partial charge in [0.25, 0.3) is 5.91 Å². The zero-order chi connectivity index (χ0) is 13.7. The van der Waals surface area contributed by atoms with Gasteiger partial charge in [0.15, 0.2) is 0 Å². The van der Waals surface area contributed by atoms with Gasteiger partial charge in [0.2, 0.25) is 0 Å². The number of nitrogens with one attached hydrogen (secondary N) is 2. The summed E-state index contributed by atoms with van der Waals surface area (Å²) in [6.07, 6.45) is 4.81. The third-order valence-corrected chi connectivity index (χ3v) is 3.23. The van der Waals surface area contributed by atoms with Crippen LogP contribution in [-0.4, -0.2) is 27.4 Å². The Morgan fingerprint density at radius 3 is 2.89 bits per heavy atom. The molecule has 0 aliphatic heterocycles. The average Bonchev–Trinajstić information content (AvgIpc) is 2.82. The Hall–Kier alpha value is -2.02. The first-order chi connectivity index (χ1) is 9.19. The third kappa shape index (κ3) is 3.72. The van der Waals surface area contributed by atoms with Crippen molar-refractivity contribution in [3.63, 3.8) is 0 Å². The van der Waals surface area contributed by atoms with E-state index in [4.69, 9.17) is 0 Å². The van der Waals surface area contributed by atoms with E-state index < -0.39 is 0 Å². The van der Waals surface area contributed by atoms with E-state index >= 15 is 0 Å². The fraction of sp³-hybridized carbons (Fsp3) is 0.333. The molecule has 0 aliphatic carbocycles. The van der Waals surface area contributed by atoms with Crippen molar-refractivity contribution >= 4 is 23.1 Å².